The molecule has 2 N–H and O–H groups in total. The summed E-state index contributed by atoms with van der Waals surface area (Å²) in [6.45, 7) is 4.60. The van der Waals surface area contributed by atoms with E-state index in [1.807, 2.05) is 12.1 Å². The lowest BCUT2D eigenvalue weighted by molar-refractivity contribution is 0.260. The third-order valence-electron chi connectivity index (χ3n) is 4.40. The number of benzene rings is 1. The molecule has 0 amide bonds. The summed E-state index contributed by atoms with van der Waals surface area (Å²) < 4.78 is 0. The smallest absolute Gasteiger partial charge is 0.107 e. The monoisotopic (exact) mass is 309 g/mol. The summed E-state index contributed by atoms with van der Waals surface area (Å²) in [7, 11) is 0. The van der Waals surface area contributed by atoms with E-state index in [1.54, 1.807) is 0 Å². The Hall–Kier alpha value is -0.840. The molecule has 20 heavy (non-hydrogen) atoms. The molecule has 0 bridgehead atoms. The summed E-state index contributed by atoms with van der Waals surface area (Å²) >= 11 is 11.4. The first-order valence-corrected chi connectivity index (χ1v) is 8.03. The van der Waals surface area contributed by atoms with Gasteiger partial charge in [-0.25, -0.2) is 0 Å². The van der Waals surface area contributed by atoms with Gasteiger partial charge in [0.1, 0.15) is 4.99 Å². The largest absolute Gasteiger partial charge is 0.389 e. The molecule has 0 saturated carbocycles. The lowest BCUT2D eigenvalue weighted by atomic mass is 10.1. The van der Waals surface area contributed by atoms with E-state index in [0.29, 0.717) is 16.1 Å². The lowest BCUT2D eigenvalue weighted by Gasteiger charge is -2.26. The number of likely N-dealkylation sites (tertiary alicyclic amines) is 1. The third-order valence-corrected chi connectivity index (χ3v) is 4.92. The van der Waals surface area contributed by atoms with Crippen LogP contribution in [0.1, 0.15) is 24.8 Å². The first-order chi connectivity index (χ1) is 9.66. The second-order valence-electron chi connectivity index (χ2n) is 5.63. The highest BCUT2D eigenvalue weighted by molar-refractivity contribution is 7.80. The minimum absolute atomic E-state index is 0.384. The van der Waals surface area contributed by atoms with Gasteiger partial charge < -0.3 is 10.6 Å². The maximum absolute atomic E-state index is 6.26. The van der Waals surface area contributed by atoms with E-state index in [-0.39, 0.29) is 0 Å². The van der Waals surface area contributed by atoms with Gasteiger partial charge in [0.25, 0.3) is 0 Å². The van der Waals surface area contributed by atoms with E-state index in [9.17, 15) is 0 Å². The number of thiocarbonyl (C=S) groups is 1. The number of anilines is 1. The van der Waals surface area contributed by atoms with Crippen LogP contribution in [0.3, 0.4) is 0 Å². The van der Waals surface area contributed by atoms with Crippen molar-refractivity contribution in [2.24, 2.45) is 5.73 Å². The Balaban J connectivity index is 1.80. The Morgan fingerprint density at radius 3 is 2.70 bits per heavy atom. The standard InChI is InChI=1S/C15H20ClN3S/c16-12-4-3-5-13(14(12)15(17)20)19-9-6-11(10-19)18-7-1-2-8-18/h3-5,11H,1-2,6-10H2,(H2,17,20). The number of hydrogen-bond acceptors (Lipinski definition) is 3. The Morgan fingerprint density at radius 2 is 2.00 bits per heavy atom. The first-order valence-electron chi connectivity index (χ1n) is 7.24. The fourth-order valence-corrected chi connectivity index (χ4v) is 3.93. The summed E-state index contributed by atoms with van der Waals surface area (Å²) in [5.41, 5.74) is 7.76. The Morgan fingerprint density at radius 1 is 1.25 bits per heavy atom. The topological polar surface area (TPSA) is 32.5 Å². The molecule has 2 saturated heterocycles. The minimum Gasteiger partial charge on any atom is -0.389 e. The molecule has 0 aliphatic carbocycles. The normalized spacial score (nSPS) is 23.4. The van der Waals surface area contributed by atoms with Crippen molar-refractivity contribution >= 4 is 34.5 Å². The van der Waals surface area contributed by atoms with Gasteiger partial charge in [-0.2, -0.15) is 0 Å². The third kappa shape index (κ3) is 2.65. The Kier molecular flexibility index (Phi) is 4.15. The van der Waals surface area contributed by atoms with Crippen LogP contribution in [0.25, 0.3) is 0 Å². The zero-order valence-corrected chi connectivity index (χ0v) is 13.1. The maximum Gasteiger partial charge on any atom is 0.107 e. The van der Waals surface area contributed by atoms with E-state index in [2.05, 4.69) is 15.9 Å². The summed E-state index contributed by atoms with van der Waals surface area (Å²) in [5.74, 6) is 0. The van der Waals surface area contributed by atoms with E-state index in [0.717, 1.165) is 24.3 Å². The van der Waals surface area contributed by atoms with Crippen molar-refractivity contribution in [1.82, 2.24) is 4.90 Å². The van der Waals surface area contributed by atoms with E-state index >= 15 is 0 Å². The van der Waals surface area contributed by atoms with Crippen molar-refractivity contribution in [1.29, 1.82) is 0 Å². The molecule has 108 valence electrons. The number of nitrogens with two attached hydrogens (primary N) is 1. The molecule has 0 aromatic heterocycles. The fourth-order valence-electron chi connectivity index (χ4n) is 3.39. The number of rotatable bonds is 3. The van der Waals surface area contributed by atoms with Crippen LogP contribution >= 0.6 is 23.8 Å². The SMILES string of the molecule is NC(=S)c1c(Cl)cccc1N1CCC(N2CCCC2)C1. The number of nitrogens with zero attached hydrogens (tertiary/aromatic N) is 2. The molecule has 0 spiro atoms. The highest BCUT2D eigenvalue weighted by atomic mass is 35.5. The van der Waals surface area contributed by atoms with Crippen molar-refractivity contribution in [2.75, 3.05) is 31.1 Å². The molecule has 2 fully saturated rings. The predicted octanol–water partition coefficient (Wildman–Crippen LogP) is 2.65. The summed E-state index contributed by atoms with van der Waals surface area (Å²) in [6, 6.07) is 6.57. The van der Waals surface area contributed by atoms with Crippen molar-refractivity contribution in [3.8, 4) is 0 Å². The molecule has 1 atom stereocenters. The van der Waals surface area contributed by atoms with Gasteiger partial charge in [0.05, 0.1) is 10.6 Å². The van der Waals surface area contributed by atoms with Gasteiger partial charge >= 0.3 is 0 Å². The molecule has 3 nitrogen and oxygen atoms in total. The molecule has 1 aromatic rings. The van der Waals surface area contributed by atoms with Crippen LogP contribution < -0.4 is 10.6 Å². The minimum atomic E-state index is 0.384. The molecule has 2 aliphatic heterocycles. The molecular weight excluding hydrogens is 290 g/mol. The van der Waals surface area contributed by atoms with Crippen LogP contribution in [0, 0.1) is 0 Å². The highest BCUT2D eigenvalue weighted by Crippen LogP contribution is 2.31. The zero-order chi connectivity index (χ0) is 14.1. The zero-order valence-electron chi connectivity index (χ0n) is 11.5. The van der Waals surface area contributed by atoms with E-state index in [1.165, 1.54) is 32.4 Å². The van der Waals surface area contributed by atoms with Gasteiger partial charge in [-0.05, 0) is 44.5 Å². The fraction of sp³-hybridized carbons (Fsp3) is 0.533. The van der Waals surface area contributed by atoms with Crippen molar-refractivity contribution in [3.05, 3.63) is 28.8 Å². The van der Waals surface area contributed by atoms with E-state index in [4.69, 9.17) is 29.6 Å². The van der Waals surface area contributed by atoms with Gasteiger partial charge in [0.15, 0.2) is 0 Å². The van der Waals surface area contributed by atoms with Crippen LogP contribution in [-0.2, 0) is 0 Å². The van der Waals surface area contributed by atoms with Gasteiger partial charge in [0.2, 0.25) is 0 Å². The van der Waals surface area contributed by atoms with Crippen LogP contribution in [0.5, 0.6) is 0 Å². The summed E-state index contributed by atoms with van der Waals surface area (Å²) in [5, 5.41) is 0.652. The molecule has 0 radical (unpaired) electrons. The molecular formula is C15H20ClN3S. The van der Waals surface area contributed by atoms with Crippen LogP contribution in [0.4, 0.5) is 5.69 Å². The Bertz CT molecular complexity index is 514. The van der Waals surface area contributed by atoms with Crippen molar-refractivity contribution in [3.63, 3.8) is 0 Å². The van der Waals surface area contributed by atoms with Crippen LogP contribution in [0.2, 0.25) is 5.02 Å². The second-order valence-corrected chi connectivity index (χ2v) is 6.48. The van der Waals surface area contributed by atoms with Crippen LogP contribution in [-0.4, -0.2) is 42.1 Å². The second kappa shape index (κ2) is 5.88. The Labute approximate surface area is 130 Å². The van der Waals surface area contributed by atoms with Crippen molar-refractivity contribution in [2.45, 2.75) is 25.3 Å². The van der Waals surface area contributed by atoms with Crippen molar-refractivity contribution < 1.29 is 0 Å². The molecule has 1 unspecified atom stereocenters. The molecule has 2 aliphatic rings. The average Bonchev–Trinajstić information content (AvgIpc) is 3.09. The first kappa shape index (κ1) is 14.1. The summed E-state index contributed by atoms with van der Waals surface area (Å²) in [6.07, 6.45) is 3.89. The van der Waals surface area contributed by atoms with Gasteiger partial charge in [-0.15, -0.1) is 0 Å². The molecule has 3 rings (SSSR count). The van der Waals surface area contributed by atoms with E-state index < -0.39 is 0 Å². The summed E-state index contributed by atoms with van der Waals surface area (Å²) in [4.78, 5) is 5.38. The highest BCUT2D eigenvalue weighted by Gasteiger charge is 2.30. The molecule has 5 heteroatoms. The average molecular weight is 310 g/mol. The van der Waals surface area contributed by atoms with Gasteiger partial charge in [-0.1, -0.05) is 29.9 Å². The molecule has 2 heterocycles. The maximum atomic E-state index is 6.26. The molecule has 1 aromatic carbocycles. The number of halogens is 1. The number of hydrogen-bond donors (Lipinski definition) is 1. The van der Waals surface area contributed by atoms with Gasteiger partial charge in [-0.3, -0.25) is 4.90 Å². The lowest BCUT2D eigenvalue weighted by Crippen LogP contribution is -2.35. The quantitative estimate of drug-likeness (QED) is 0.870. The van der Waals surface area contributed by atoms with Crippen LogP contribution in [0.15, 0.2) is 18.2 Å². The predicted molar refractivity (Wildman–Crippen MR) is 88.8 cm³/mol. The van der Waals surface area contributed by atoms with Gasteiger partial charge in [0, 0.05) is 24.8 Å².